The second kappa shape index (κ2) is 22.4. The van der Waals surface area contributed by atoms with Gasteiger partial charge in [0.25, 0.3) is 0 Å². The van der Waals surface area contributed by atoms with Gasteiger partial charge in [0, 0.05) is 68.6 Å². The van der Waals surface area contributed by atoms with Crippen LogP contribution in [0, 0.1) is 17.0 Å². The van der Waals surface area contributed by atoms with Crippen molar-refractivity contribution in [2.45, 2.75) is 83.7 Å². The number of carboxylic acids is 2. The van der Waals surface area contributed by atoms with E-state index in [0.717, 1.165) is 23.8 Å². The number of aliphatic carboxylic acids is 2. The normalized spacial score (nSPS) is 13.4. The first-order valence-electron chi connectivity index (χ1n) is 21.4. The van der Waals surface area contributed by atoms with E-state index < -0.39 is 90.1 Å². The zero-order valence-corrected chi connectivity index (χ0v) is 36.8. The number of nitrogens with one attached hydrogen (secondary N) is 1. The lowest BCUT2D eigenvalue weighted by atomic mass is 9.82. The molecule has 3 atom stereocenters. The third-order valence-electron chi connectivity index (χ3n) is 11.4. The number of Topliss-reactive ketones (excluding diaryl/α,β-unsaturated/α-hetero) is 1. The molecule has 5 aromatic rings. The molecule has 13 nitrogen and oxygen atoms in total. The Morgan fingerprint density at radius 1 is 0.785 bits per heavy atom. The molecule has 0 bridgehead atoms. The monoisotopic (exact) mass is 893 g/mol. The quantitative estimate of drug-likeness (QED) is 0.0448. The Hall–Kier alpha value is -6.55. The number of carbonyl (C=O) groups excluding carboxylic acids is 3. The number of nitrogens with zero attached hydrogens (tertiary/aromatic N) is 3. The highest BCUT2D eigenvalue weighted by molar-refractivity contribution is 6.08. The van der Waals surface area contributed by atoms with E-state index in [1.165, 1.54) is 9.80 Å². The fourth-order valence-electron chi connectivity index (χ4n) is 8.20. The fourth-order valence-corrected chi connectivity index (χ4v) is 8.20. The average Bonchev–Trinajstić information content (AvgIpc) is 3.67. The number of aliphatic hydroxyl groups excluding tert-OH is 1. The van der Waals surface area contributed by atoms with E-state index in [4.69, 9.17) is 5.73 Å². The van der Waals surface area contributed by atoms with Gasteiger partial charge in [-0.25, -0.2) is 13.6 Å². The Morgan fingerprint density at radius 2 is 1.35 bits per heavy atom. The van der Waals surface area contributed by atoms with Crippen LogP contribution in [0.25, 0.3) is 11.1 Å². The molecule has 0 saturated carbocycles. The van der Waals surface area contributed by atoms with E-state index in [1.807, 2.05) is 55.7 Å². The zero-order valence-electron chi connectivity index (χ0n) is 36.8. The molecule has 0 aliphatic carbocycles. The van der Waals surface area contributed by atoms with Gasteiger partial charge in [-0.3, -0.25) is 24.1 Å². The number of rotatable bonds is 23. The predicted octanol–water partition coefficient (Wildman–Crippen LogP) is 6.57. The Labute approximate surface area is 377 Å². The molecule has 0 aliphatic rings. The molecule has 65 heavy (non-hydrogen) atoms. The minimum absolute atomic E-state index is 0.00321. The lowest BCUT2D eigenvalue weighted by molar-refractivity contribution is -0.160. The average molecular weight is 894 g/mol. The first-order chi connectivity index (χ1) is 30.9. The number of carboxylic acid groups (broad SMARTS) is 2. The van der Waals surface area contributed by atoms with Crippen LogP contribution in [0.1, 0.15) is 74.9 Å². The maximum atomic E-state index is 15.2. The summed E-state index contributed by atoms with van der Waals surface area (Å²) in [7, 11) is 0. The van der Waals surface area contributed by atoms with Gasteiger partial charge in [0.1, 0.15) is 18.2 Å². The molecular weight excluding hydrogens is 837 g/mol. The van der Waals surface area contributed by atoms with Crippen molar-refractivity contribution in [1.82, 2.24) is 19.7 Å². The molecule has 0 fully saturated rings. The van der Waals surface area contributed by atoms with Gasteiger partial charge < -0.3 is 35.8 Å². The molecule has 4 aromatic carbocycles. The summed E-state index contributed by atoms with van der Waals surface area (Å²) in [6.07, 6.45) is -0.0558. The molecule has 1 heterocycles. The van der Waals surface area contributed by atoms with E-state index in [2.05, 4.69) is 5.32 Å². The summed E-state index contributed by atoms with van der Waals surface area (Å²) in [5, 5.41) is 33.4. The number of carbonyl (C=O) groups is 5. The van der Waals surface area contributed by atoms with Gasteiger partial charge in [0.15, 0.2) is 11.3 Å². The summed E-state index contributed by atoms with van der Waals surface area (Å²) in [6.45, 7) is 4.64. The topological polar surface area (TPSA) is 196 Å². The summed E-state index contributed by atoms with van der Waals surface area (Å²) < 4.78 is 31.5. The summed E-state index contributed by atoms with van der Waals surface area (Å²) >= 11 is 0. The summed E-state index contributed by atoms with van der Waals surface area (Å²) in [4.78, 5) is 69.6. The van der Waals surface area contributed by atoms with E-state index in [-0.39, 0.29) is 38.2 Å². The number of halogens is 2. The minimum Gasteiger partial charge on any atom is -0.481 e. The number of nitrogens with two attached hydrogens (primary N) is 1. The molecule has 1 aromatic heterocycles. The van der Waals surface area contributed by atoms with Crippen LogP contribution in [-0.4, -0.2) is 90.5 Å². The minimum atomic E-state index is -2.29. The van der Waals surface area contributed by atoms with Crippen molar-refractivity contribution in [3.05, 3.63) is 155 Å². The van der Waals surface area contributed by atoms with Gasteiger partial charge in [-0.05, 0) is 59.2 Å². The number of hydrogen-bond acceptors (Lipinski definition) is 8. The molecule has 5 rings (SSSR count). The maximum Gasteiger partial charge on any atom is 0.331 e. The third-order valence-corrected chi connectivity index (χ3v) is 11.4. The molecule has 15 heteroatoms. The summed E-state index contributed by atoms with van der Waals surface area (Å²) in [6, 6.07) is 30.0. The molecule has 2 amide bonds. The van der Waals surface area contributed by atoms with Crippen molar-refractivity contribution in [2.24, 2.45) is 11.1 Å². The first kappa shape index (κ1) is 49.5. The summed E-state index contributed by atoms with van der Waals surface area (Å²) in [5.41, 5.74) is 6.61. The van der Waals surface area contributed by atoms with E-state index in [1.54, 1.807) is 72.9 Å². The Balaban J connectivity index is 1.37. The van der Waals surface area contributed by atoms with Crippen LogP contribution in [0.15, 0.2) is 121 Å². The zero-order chi connectivity index (χ0) is 47.3. The number of aromatic nitrogens is 1. The first-order valence-corrected chi connectivity index (χ1v) is 21.4. The number of benzene rings is 4. The van der Waals surface area contributed by atoms with Crippen molar-refractivity contribution in [2.75, 3.05) is 19.7 Å². The smallest absolute Gasteiger partial charge is 0.331 e. The van der Waals surface area contributed by atoms with Crippen LogP contribution < -0.4 is 11.1 Å². The van der Waals surface area contributed by atoms with Gasteiger partial charge in [0.05, 0.1) is 12.1 Å². The maximum absolute atomic E-state index is 15.2. The van der Waals surface area contributed by atoms with Crippen molar-refractivity contribution < 1.29 is 48.1 Å². The third kappa shape index (κ3) is 12.8. The Bertz CT molecular complexity index is 2370. The van der Waals surface area contributed by atoms with Gasteiger partial charge in [-0.15, -0.1) is 0 Å². The second-order valence-corrected chi connectivity index (χ2v) is 17.2. The van der Waals surface area contributed by atoms with Crippen LogP contribution >= 0.6 is 0 Å². The molecule has 0 saturated heterocycles. The summed E-state index contributed by atoms with van der Waals surface area (Å²) in [5.74, 6) is -6.26. The molecule has 344 valence electrons. The fraction of sp³-hybridized carbons (Fsp3) is 0.340. The van der Waals surface area contributed by atoms with Crippen LogP contribution in [0.3, 0.4) is 0 Å². The SMILES string of the molecule is CC(C)(C)[C@H](c1cc(-c2cc(F)ccc2F)cn1Cc1ccccc1)N(CC[C@H](N)C(=O)NCCC(=O)[C@@](CCC(=O)O)(C(=O)O)N(Cc1ccccc1)Cc1ccccc1)C(=O)CO. The highest BCUT2D eigenvalue weighted by Crippen LogP contribution is 2.41. The largest absolute Gasteiger partial charge is 0.481 e. The van der Waals surface area contributed by atoms with Gasteiger partial charge in [-0.1, -0.05) is 112 Å². The van der Waals surface area contributed by atoms with E-state index >= 15 is 4.39 Å². The number of aliphatic hydroxyl groups is 1. The molecule has 0 radical (unpaired) electrons. The van der Waals surface area contributed by atoms with Crippen molar-refractivity contribution in [3.63, 3.8) is 0 Å². The molecule has 0 spiro atoms. The van der Waals surface area contributed by atoms with Gasteiger partial charge >= 0.3 is 11.9 Å². The van der Waals surface area contributed by atoms with Crippen LogP contribution in [0.2, 0.25) is 0 Å². The van der Waals surface area contributed by atoms with Crippen molar-refractivity contribution in [3.8, 4) is 11.1 Å². The van der Waals surface area contributed by atoms with E-state index in [0.29, 0.717) is 28.9 Å². The molecule has 0 unspecified atom stereocenters. The second-order valence-electron chi connectivity index (χ2n) is 17.2. The van der Waals surface area contributed by atoms with Gasteiger partial charge in [-0.2, -0.15) is 0 Å². The standard InChI is InChI=1S/C50H57F2N5O8/c1-49(2,3)46(42-27-37(39-28-38(51)19-20-40(39)52)32-55(42)29-34-13-7-4-8-14-34)57(44(60)33-58)26-23-41(53)47(63)54-25-22-43(59)50(48(64)65,24-21-45(61)62)56(30-35-15-9-5-10-16-35)31-36-17-11-6-12-18-36/h4-20,27-28,32,41,46,58H,21-26,29-31,33,53H2,1-3H3,(H,54,63)(H,61,62)(H,64,65)/t41-,46-,50-/m0/s1. The van der Waals surface area contributed by atoms with Crippen molar-refractivity contribution in [1.29, 1.82) is 0 Å². The molecule has 0 aliphatic heterocycles. The van der Waals surface area contributed by atoms with Crippen LogP contribution in [0.4, 0.5) is 8.78 Å². The lowest BCUT2D eigenvalue weighted by Crippen LogP contribution is -2.60. The number of amides is 2. The highest BCUT2D eigenvalue weighted by atomic mass is 19.1. The molecule has 6 N–H and O–H groups in total. The van der Waals surface area contributed by atoms with Gasteiger partial charge in [0.2, 0.25) is 11.8 Å². The number of ketones is 1. The van der Waals surface area contributed by atoms with Crippen LogP contribution in [-0.2, 0) is 43.6 Å². The van der Waals surface area contributed by atoms with E-state index in [9.17, 15) is 43.7 Å². The molecular formula is C50H57F2N5O8. The lowest BCUT2D eigenvalue weighted by Gasteiger charge is -2.41. The number of hydrogen-bond donors (Lipinski definition) is 5. The Morgan fingerprint density at radius 3 is 1.88 bits per heavy atom. The van der Waals surface area contributed by atoms with Crippen LogP contribution in [0.5, 0.6) is 0 Å². The Kier molecular flexibility index (Phi) is 17.0. The van der Waals surface area contributed by atoms with Crippen molar-refractivity contribution >= 4 is 29.5 Å². The predicted molar refractivity (Wildman–Crippen MR) is 241 cm³/mol. The highest BCUT2D eigenvalue weighted by Gasteiger charge is 2.50.